The van der Waals surface area contributed by atoms with E-state index in [1.807, 2.05) is 60.9 Å². The van der Waals surface area contributed by atoms with Crippen molar-refractivity contribution in [2.24, 2.45) is 0 Å². The predicted molar refractivity (Wildman–Crippen MR) is 117 cm³/mol. The van der Waals surface area contributed by atoms with Gasteiger partial charge >= 0.3 is 0 Å². The molecule has 2 heterocycles. The summed E-state index contributed by atoms with van der Waals surface area (Å²) in [6.07, 6.45) is 11.3. The van der Waals surface area contributed by atoms with Crippen molar-refractivity contribution >= 4 is 12.0 Å². The summed E-state index contributed by atoms with van der Waals surface area (Å²) in [7, 11) is 0. The van der Waals surface area contributed by atoms with Gasteiger partial charge in [0.15, 0.2) is 0 Å². The Kier molecular flexibility index (Phi) is 6.15. The first-order chi connectivity index (χ1) is 14.8. The minimum absolute atomic E-state index is 0.136. The van der Waals surface area contributed by atoms with Gasteiger partial charge in [0.25, 0.3) is 0 Å². The number of carbonyl (C=O) groups excluding carboxylic acids is 1. The van der Waals surface area contributed by atoms with Crippen LogP contribution >= 0.6 is 0 Å². The normalized spacial score (nSPS) is 11.1. The lowest BCUT2D eigenvalue weighted by atomic mass is 10.2. The van der Waals surface area contributed by atoms with Crippen molar-refractivity contribution < 1.29 is 4.79 Å². The molecule has 0 spiro atoms. The Labute approximate surface area is 175 Å². The molecule has 0 bridgehead atoms. The Morgan fingerprint density at radius 1 is 1.03 bits per heavy atom. The van der Waals surface area contributed by atoms with E-state index in [-0.39, 0.29) is 5.91 Å². The number of carbonyl (C=O) groups is 1. The highest BCUT2D eigenvalue weighted by molar-refractivity contribution is 5.91. The second kappa shape index (κ2) is 9.52. The fraction of sp³-hybridized carbons (Fsp3) is 0.125. The fourth-order valence-corrected chi connectivity index (χ4v) is 3.17. The van der Waals surface area contributed by atoms with Crippen molar-refractivity contribution in [3.05, 3.63) is 108 Å². The van der Waals surface area contributed by atoms with Gasteiger partial charge in [-0.25, -0.2) is 9.67 Å². The third-order valence-electron chi connectivity index (χ3n) is 4.70. The van der Waals surface area contributed by atoms with Gasteiger partial charge in [-0.3, -0.25) is 4.79 Å². The average Bonchev–Trinajstić information content (AvgIpc) is 3.43. The first-order valence-corrected chi connectivity index (χ1v) is 9.88. The molecular weight excluding hydrogens is 374 g/mol. The van der Waals surface area contributed by atoms with E-state index in [2.05, 4.69) is 32.1 Å². The molecule has 1 amide bonds. The highest BCUT2D eigenvalue weighted by Crippen LogP contribution is 2.09. The Balaban J connectivity index is 1.27. The fourth-order valence-electron chi connectivity index (χ4n) is 3.17. The van der Waals surface area contributed by atoms with Crippen LogP contribution in [0.1, 0.15) is 17.0 Å². The molecule has 0 aliphatic heterocycles. The molecule has 0 fully saturated rings. The van der Waals surface area contributed by atoms with Crippen LogP contribution in [-0.2, 0) is 17.8 Å². The zero-order chi connectivity index (χ0) is 20.6. The summed E-state index contributed by atoms with van der Waals surface area (Å²) in [5, 5.41) is 7.24. The van der Waals surface area contributed by atoms with E-state index >= 15 is 0 Å². The van der Waals surface area contributed by atoms with Crippen molar-refractivity contribution in [3.8, 4) is 5.69 Å². The lowest BCUT2D eigenvalue weighted by Gasteiger charge is -2.08. The summed E-state index contributed by atoms with van der Waals surface area (Å²) in [6.45, 7) is 1.30. The van der Waals surface area contributed by atoms with Gasteiger partial charge in [-0.05, 0) is 23.8 Å². The predicted octanol–water partition coefficient (Wildman–Crippen LogP) is 3.49. The number of nitrogens with zero attached hydrogens (tertiary/aromatic N) is 4. The monoisotopic (exact) mass is 397 g/mol. The van der Waals surface area contributed by atoms with Crippen molar-refractivity contribution in [3.63, 3.8) is 0 Å². The number of nitrogens with one attached hydrogen (secondary N) is 1. The number of imidazole rings is 1. The zero-order valence-electron chi connectivity index (χ0n) is 16.6. The summed E-state index contributed by atoms with van der Waals surface area (Å²) in [6, 6.07) is 20.1. The molecule has 0 aliphatic carbocycles. The van der Waals surface area contributed by atoms with E-state index in [4.69, 9.17) is 0 Å². The van der Waals surface area contributed by atoms with Gasteiger partial charge in [-0.1, -0.05) is 48.5 Å². The van der Waals surface area contributed by atoms with Crippen LogP contribution in [0.3, 0.4) is 0 Å². The van der Waals surface area contributed by atoms with E-state index in [1.54, 1.807) is 23.2 Å². The number of hydrogen-bond donors (Lipinski definition) is 1. The lowest BCUT2D eigenvalue weighted by Crippen LogP contribution is -2.24. The summed E-state index contributed by atoms with van der Waals surface area (Å²) >= 11 is 0. The van der Waals surface area contributed by atoms with E-state index < -0.39 is 0 Å². The minimum Gasteiger partial charge on any atom is -0.352 e. The minimum atomic E-state index is -0.136. The van der Waals surface area contributed by atoms with Gasteiger partial charge in [0.05, 0.1) is 11.9 Å². The van der Waals surface area contributed by atoms with Crippen LogP contribution in [0, 0.1) is 0 Å². The average molecular weight is 397 g/mol. The quantitative estimate of drug-likeness (QED) is 0.463. The maximum atomic E-state index is 12.1. The van der Waals surface area contributed by atoms with Crippen LogP contribution in [-0.4, -0.2) is 31.8 Å². The van der Waals surface area contributed by atoms with Crippen molar-refractivity contribution in [2.75, 3.05) is 6.54 Å². The maximum Gasteiger partial charge on any atom is 0.244 e. The number of hydrogen-bond acceptors (Lipinski definition) is 3. The molecule has 0 radical (unpaired) electrons. The zero-order valence-corrected chi connectivity index (χ0v) is 16.6. The number of para-hydroxylation sites is 1. The molecule has 2 aromatic heterocycles. The van der Waals surface area contributed by atoms with Gasteiger partial charge in [0, 0.05) is 49.7 Å². The summed E-state index contributed by atoms with van der Waals surface area (Å²) in [5.74, 6) is 0.816. The van der Waals surface area contributed by atoms with Gasteiger partial charge in [0.1, 0.15) is 5.82 Å². The second-order valence-electron chi connectivity index (χ2n) is 6.89. The van der Waals surface area contributed by atoms with Crippen LogP contribution in [0.15, 0.2) is 91.5 Å². The van der Waals surface area contributed by atoms with Crippen LogP contribution in [0.25, 0.3) is 11.8 Å². The number of aromatic nitrogens is 4. The van der Waals surface area contributed by atoms with Gasteiger partial charge < -0.3 is 9.88 Å². The molecule has 1 N–H and O–H groups in total. The first kappa shape index (κ1) is 19.4. The van der Waals surface area contributed by atoms with Gasteiger partial charge in [-0.15, -0.1) is 0 Å². The summed E-state index contributed by atoms with van der Waals surface area (Å²) in [5.41, 5.74) is 3.07. The van der Waals surface area contributed by atoms with Crippen molar-refractivity contribution in [1.82, 2.24) is 24.6 Å². The molecule has 0 saturated carbocycles. The van der Waals surface area contributed by atoms with Crippen LogP contribution in [0.4, 0.5) is 0 Å². The Hall–Kier alpha value is -3.93. The van der Waals surface area contributed by atoms with Crippen LogP contribution in [0.2, 0.25) is 0 Å². The molecule has 0 atom stereocenters. The van der Waals surface area contributed by atoms with Crippen molar-refractivity contribution in [2.45, 2.75) is 13.0 Å². The highest BCUT2D eigenvalue weighted by atomic mass is 16.1. The van der Waals surface area contributed by atoms with Crippen LogP contribution in [0.5, 0.6) is 0 Å². The molecule has 0 saturated heterocycles. The van der Waals surface area contributed by atoms with E-state index in [0.717, 1.165) is 23.6 Å². The molecule has 0 unspecified atom stereocenters. The number of benzene rings is 2. The van der Waals surface area contributed by atoms with Gasteiger partial charge in [0.2, 0.25) is 5.91 Å². The van der Waals surface area contributed by atoms with Crippen LogP contribution < -0.4 is 5.32 Å². The maximum absolute atomic E-state index is 12.1. The van der Waals surface area contributed by atoms with Gasteiger partial charge in [-0.2, -0.15) is 5.10 Å². The van der Waals surface area contributed by atoms with E-state index in [1.165, 1.54) is 11.6 Å². The third-order valence-corrected chi connectivity index (χ3v) is 4.70. The SMILES string of the molecule is O=C(/C=C/c1cnn(-c2ccccc2)c1)NCCc1nccn1Cc1ccccc1. The molecule has 4 rings (SSSR count). The molecule has 30 heavy (non-hydrogen) atoms. The topological polar surface area (TPSA) is 64.7 Å². The highest BCUT2D eigenvalue weighted by Gasteiger charge is 2.05. The molecule has 6 heteroatoms. The van der Waals surface area contributed by atoms with Crippen molar-refractivity contribution in [1.29, 1.82) is 0 Å². The molecule has 150 valence electrons. The second-order valence-corrected chi connectivity index (χ2v) is 6.89. The van der Waals surface area contributed by atoms with E-state index in [9.17, 15) is 4.79 Å². The molecule has 0 aliphatic rings. The molecular formula is C24H23N5O. The Bertz CT molecular complexity index is 1110. The standard InChI is InChI=1S/C24H23N5O/c30-24(12-11-21-17-27-29(19-21)22-9-5-2-6-10-22)26-14-13-23-25-15-16-28(23)18-20-7-3-1-4-8-20/h1-12,15-17,19H,13-14,18H2,(H,26,30)/b12-11+. The first-order valence-electron chi connectivity index (χ1n) is 9.88. The largest absolute Gasteiger partial charge is 0.352 e. The third kappa shape index (κ3) is 5.11. The molecule has 2 aromatic carbocycles. The lowest BCUT2D eigenvalue weighted by molar-refractivity contribution is -0.116. The molecule has 6 nitrogen and oxygen atoms in total. The Morgan fingerprint density at radius 2 is 1.80 bits per heavy atom. The molecule has 4 aromatic rings. The van der Waals surface area contributed by atoms with E-state index in [0.29, 0.717) is 13.0 Å². The smallest absolute Gasteiger partial charge is 0.244 e. The number of rotatable bonds is 8. The summed E-state index contributed by atoms with van der Waals surface area (Å²) in [4.78, 5) is 16.6. The summed E-state index contributed by atoms with van der Waals surface area (Å²) < 4.78 is 3.89. The Morgan fingerprint density at radius 3 is 2.60 bits per heavy atom. The number of amides is 1.